The summed E-state index contributed by atoms with van der Waals surface area (Å²) in [4.78, 5) is 29.4. The molecule has 1 aliphatic carbocycles. The third kappa shape index (κ3) is 7.37. The first-order valence-corrected chi connectivity index (χ1v) is 19.7. The van der Waals surface area contributed by atoms with Crippen molar-refractivity contribution in [1.29, 1.82) is 0 Å². The Morgan fingerprint density at radius 2 is 1.47 bits per heavy atom. The number of ether oxygens (including phenoxy) is 1. The van der Waals surface area contributed by atoms with E-state index < -0.39 is 0 Å². The molecule has 0 fully saturated rings. The molecular formula is C49H45N8OPt+. The first kappa shape index (κ1) is 39.9. The molecule has 0 N–H and O–H groups in total. The van der Waals surface area contributed by atoms with Crippen molar-refractivity contribution in [1.82, 2.24) is 29.5 Å². The number of imidazole rings is 1. The Kier molecular flexibility index (Phi) is 10.2. The quantitative estimate of drug-likeness (QED) is 0.122. The summed E-state index contributed by atoms with van der Waals surface area (Å²) in [5.41, 5.74) is 10.6. The van der Waals surface area contributed by atoms with Gasteiger partial charge in [0.2, 0.25) is 0 Å². The summed E-state index contributed by atoms with van der Waals surface area (Å²) in [5, 5.41) is 0. The Bertz CT molecular complexity index is 2820. The standard InChI is InChI=1S/C49H45N8O.Pt/c1-29-23-33(44-53-45(48(4,5)6)55-46(54-44)49(7,8)9)24-30(2)43(29)36-27-38(51-28-31(36)3)32-15-14-16-34(25-32)58-35-20-21-40-41(26-35)57(42-19-12-13-22-50-42)47-52-37-17-10-11-18-39(37)56(40)47;/h10-24,27-28,39H,1-9H3;/q-1;+2. The van der Waals surface area contributed by atoms with E-state index in [9.17, 15) is 0 Å². The predicted molar refractivity (Wildman–Crippen MR) is 229 cm³/mol. The summed E-state index contributed by atoms with van der Waals surface area (Å²) in [6, 6.07) is 29.3. The second-order valence-electron chi connectivity index (χ2n) is 17.2. The number of allylic oxidation sites excluding steroid dienone is 4. The molecule has 0 radical (unpaired) electrons. The molecule has 296 valence electrons. The van der Waals surface area contributed by atoms with Crippen LogP contribution in [0, 0.1) is 32.9 Å². The molecule has 4 aromatic heterocycles. The van der Waals surface area contributed by atoms with Gasteiger partial charge in [-0.15, -0.1) is 35.9 Å². The third-order valence-electron chi connectivity index (χ3n) is 10.5. The molecule has 59 heavy (non-hydrogen) atoms. The van der Waals surface area contributed by atoms with E-state index in [2.05, 4.69) is 126 Å². The van der Waals surface area contributed by atoms with E-state index in [0.29, 0.717) is 17.3 Å². The van der Waals surface area contributed by atoms with Gasteiger partial charge in [-0.1, -0.05) is 83.0 Å². The largest absolute Gasteiger partial charge is 2.00 e. The van der Waals surface area contributed by atoms with Gasteiger partial charge in [0.05, 0.1) is 0 Å². The topological polar surface area (TPSA) is 94.8 Å². The molecule has 1 unspecified atom stereocenters. The van der Waals surface area contributed by atoms with Crippen molar-refractivity contribution < 1.29 is 30.4 Å². The van der Waals surface area contributed by atoms with Gasteiger partial charge in [-0.25, -0.2) is 19.9 Å². The molecule has 0 spiro atoms. The Labute approximate surface area is 360 Å². The van der Waals surface area contributed by atoms with Crippen LogP contribution in [0.2, 0.25) is 0 Å². The van der Waals surface area contributed by atoms with E-state index in [4.69, 9.17) is 29.7 Å². The number of pyridine rings is 2. The Hall–Kier alpha value is -5.92. The third-order valence-corrected chi connectivity index (χ3v) is 10.5. The molecule has 3 aromatic carbocycles. The van der Waals surface area contributed by atoms with Gasteiger partial charge in [0, 0.05) is 51.3 Å². The van der Waals surface area contributed by atoms with Crippen LogP contribution in [-0.4, -0.2) is 35.2 Å². The van der Waals surface area contributed by atoms with Crippen molar-refractivity contribution in [3.8, 4) is 51.1 Å². The number of aryl methyl sites for hydroxylation is 3. The number of benzene rings is 3. The maximum atomic E-state index is 6.48. The van der Waals surface area contributed by atoms with E-state index in [1.165, 1.54) is 5.56 Å². The van der Waals surface area contributed by atoms with Crippen LogP contribution < -0.4 is 9.30 Å². The van der Waals surface area contributed by atoms with Crippen LogP contribution in [0.25, 0.3) is 50.6 Å². The molecule has 0 saturated heterocycles. The summed E-state index contributed by atoms with van der Waals surface area (Å²) in [6.07, 6.45) is 12.0. The molecule has 9 nitrogen and oxygen atoms in total. The summed E-state index contributed by atoms with van der Waals surface area (Å²) in [5.74, 6) is 4.96. The van der Waals surface area contributed by atoms with Gasteiger partial charge in [0.25, 0.3) is 0 Å². The Morgan fingerprint density at radius 1 is 0.746 bits per heavy atom. The number of hydrogen-bond donors (Lipinski definition) is 0. The summed E-state index contributed by atoms with van der Waals surface area (Å²) in [7, 11) is 0. The minimum atomic E-state index is -0.214. The van der Waals surface area contributed by atoms with Gasteiger partial charge in [0.1, 0.15) is 17.7 Å². The molecule has 0 saturated carbocycles. The maximum absolute atomic E-state index is 6.48. The van der Waals surface area contributed by atoms with Crippen molar-refractivity contribution in [3.63, 3.8) is 0 Å². The molecule has 1 atom stereocenters. The second kappa shape index (κ2) is 15.0. The van der Waals surface area contributed by atoms with Gasteiger partial charge < -0.3 is 9.72 Å². The number of hydrogen-bond acceptors (Lipinski definition) is 7. The Balaban J connectivity index is 0.00000484. The van der Waals surface area contributed by atoms with E-state index >= 15 is 0 Å². The van der Waals surface area contributed by atoms with Gasteiger partial charge >= 0.3 is 27.0 Å². The number of aliphatic imine (C=N–C) groups is 1. The van der Waals surface area contributed by atoms with Gasteiger partial charge in [-0.3, -0.25) is 4.57 Å². The fraction of sp³-hybridized carbons (Fsp3) is 0.245. The number of rotatable bonds is 6. The van der Waals surface area contributed by atoms with E-state index in [1.54, 1.807) is 6.20 Å². The minimum absolute atomic E-state index is 0. The molecule has 5 heterocycles. The van der Waals surface area contributed by atoms with Crippen molar-refractivity contribution in [2.45, 2.75) is 79.2 Å². The number of nitrogens with zero attached hydrogens (tertiary/aromatic N) is 8. The molecule has 0 amide bonds. The number of fused-ring (bicyclic) bond motifs is 5. The molecule has 0 bridgehead atoms. The molecule has 7 aromatic rings. The molecule has 10 heteroatoms. The van der Waals surface area contributed by atoms with Crippen LogP contribution in [0.4, 0.5) is 5.95 Å². The smallest absolute Gasteiger partial charge is 0.503 e. The van der Waals surface area contributed by atoms with Gasteiger partial charge in [-0.2, -0.15) is 4.57 Å². The zero-order chi connectivity index (χ0) is 40.5. The SMILES string of the molecule is Cc1cnc(-c2[c-]c(Oc3[c-]c4c(cc3)[n+]3c(n4-c4ccccn4)N=C4C=CC=CC43)ccc2)cc1-c1c(C)cc(-c2nc(C(C)(C)C)nc(C(C)(C)C)n2)cc1C.[Pt+2]. The van der Waals surface area contributed by atoms with Crippen LogP contribution >= 0.6 is 0 Å². The van der Waals surface area contributed by atoms with Crippen molar-refractivity contribution in [2.75, 3.05) is 0 Å². The van der Waals surface area contributed by atoms with Crippen LogP contribution in [0.15, 0.2) is 108 Å². The fourth-order valence-electron chi connectivity index (χ4n) is 7.64. The predicted octanol–water partition coefficient (Wildman–Crippen LogP) is 10.6. The molecule has 9 rings (SSSR count). The summed E-state index contributed by atoms with van der Waals surface area (Å²) < 4.78 is 10.7. The van der Waals surface area contributed by atoms with Crippen molar-refractivity contribution in [2.24, 2.45) is 4.99 Å². The zero-order valence-corrected chi connectivity index (χ0v) is 37.0. The van der Waals surface area contributed by atoms with Crippen LogP contribution in [0.5, 0.6) is 11.5 Å². The number of aromatic nitrogens is 7. The van der Waals surface area contributed by atoms with Crippen LogP contribution in [0.1, 0.15) is 75.9 Å². The van der Waals surface area contributed by atoms with E-state index in [1.807, 2.05) is 59.3 Å². The van der Waals surface area contributed by atoms with Crippen LogP contribution in [-0.2, 0) is 31.9 Å². The first-order valence-electron chi connectivity index (χ1n) is 19.7. The second-order valence-corrected chi connectivity index (χ2v) is 17.2. The minimum Gasteiger partial charge on any atom is -0.503 e. The summed E-state index contributed by atoms with van der Waals surface area (Å²) >= 11 is 0. The average Bonchev–Trinajstić information content (AvgIpc) is 3.72. The molecule has 1 aliphatic heterocycles. The zero-order valence-electron chi connectivity index (χ0n) is 34.7. The van der Waals surface area contributed by atoms with E-state index in [0.717, 1.165) is 79.2 Å². The average molecular weight is 957 g/mol. The maximum Gasteiger partial charge on any atom is 2.00 e. The summed E-state index contributed by atoms with van der Waals surface area (Å²) in [6.45, 7) is 19.3. The van der Waals surface area contributed by atoms with E-state index in [-0.39, 0.29) is 37.9 Å². The van der Waals surface area contributed by atoms with Gasteiger partial charge in [-0.05, 0) is 90.7 Å². The normalized spacial score (nSPS) is 14.5. The van der Waals surface area contributed by atoms with Crippen molar-refractivity contribution in [3.05, 3.63) is 144 Å². The molecular weight excluding hydrogens is 912 g/mol. The van der Waals surface area contributed by atoms with Crippen molar-refractivity contribution >= 4 is 22.7 Å². The Morgan fingerprint density at radius 3 is 2.17 bits per heavy atom. The molecule has 2 aliphatic rings. The monoisotopic (exact) mass is 956 g/mol. The van der Waals surface area contributed by atoms with Gasteiger partial charge in [0.15, 0.2) is 17.4 Å². The van der Waals surface area contributed by atoms with Crippen LogP contribution in [0.3, 0.4) is 0 Å². The fourth-order valence-corrected chi connectivity index (χ4v) is 7.64. The first-order chi connectivity index (χ1) is 27.7.